The first-order valence-electron chi connectivity index (χ1n) is 25.7. The van der Waals surface area contributed by atoms with Gasteiger partial charge in [0.1, 0.15) is 6.10 Å². The second kappa shape index (κ2) is 48.3. The topological polar surface area (TPSA) is 95.9 Å². The molecule has 0 aromatic rings. The third-order valence-corrected chi connectivity index (χ3v) is 11.4. The van der Waals surface area contributed by atoms with Gasteiger partial charge in [0.25, 0.3) is 0 Å². The monoisotopic (exact) mass is 852 g/mol. The number of aliphatic hydroxyl groups is 2. The third-order valence-electron chi connectivity index (χ3n) is 11.4. The highest BCUT2D eigenvalue weighted by atomic mass is 16.5. The standard InChI is InChI=1S/C55H97NO5/c1-4-7-10-13-16-19-21-23-25-27-29-31-33-36-39-42-45-48-55(60)61-51(46-43-40-37-35-32-30-28-26-24-22-20-17-14-11-8-5-2)49-54(59)56-52(50-57)53(58)47-44-41-38-34-18-15-12-9-6-3/h16-17,19-20,22-26,28,30,32,51-53,57-58H,4-15,18,21,27,29,31,33-50H2,1-3H3,(H,56,59)/b19-16-,20-17+,24-22+,25-23-,28-26+,32-30+. The molecule has 0 aliphatic carbocycles. The number of rotatable bonds is 45. The molecule has 6 nitrogen and oxygen atoms in total. The predicted molar refractivity (Wildman–Crippen MR) is 264 cm³/mol. The minimum absolute atomic E-state index is 0.0457. The van der Waals surface area contributed by atoms with Crippen LogP contribution in [0.5, 0.6) is 0 Å². The summed E-state index contributed by atoms with van der Waals surface area (Å²) in [5.74, 6) is -0.524. The second-order valence-electron chi connectivity index (χ2n) is 17.3. The first kappa shape index (κ1) is 58.3. The van der Waals surface area contributed by atoms with Crippen LogP contribution in [-0.2, 0) is 14.3 Å². The summed E-state index contributed by atoms with van der Waals surface area (Å²) in [4.78, 5) is 26.1. The van der Waals surface area contributed by atoms with Gasteiger partial charge in [-0.1, -0.05) is 216 Å². The Morgan fingerprint density at radius 2 is 0.902 bits per heavy atom. The molecule has 1 amide bonds. The summed E-state index contributed by atoms with van der Waals surface area (Å²) in [5.41, 5.74) is 0. The van der Waals surface area contributed by atoms with E-state index in [1.165, 1.54) is 109 Å². The van der Waals surface area contributed by atoms with Crippen molar-refractivity contribution in [1.82, 2.24) is 5.32 Å². The summed E-state index contributed by atoms with van der Waals surface area (Å²) in [6.45, 7) is 6.38. The summed E-state index contributed by atoms with van der Waals surface area (Å²) >= 11 is 0. The van der Waals surface area contributed by atoms with E-state index in [-0.39, 0.29) is 24.9 Å². The molecule has 0 saturated carbocycles. The third kappa shape index (κ3) is 43.7. The largest absolute Gasteiger partial charge is 0.462 e. The molecule has 0 bridgehead atoms. The molecule has 0 aliphatic rings. The first-order valence-corrected chi connectivity index (χ1v) is 25.7. The van der Waals surface area contributed by atoms with E-state index in [9.17, 15) is 19.8 Å². The molecule has 0 aliphatic heterocycles. The molecule has 0 saturated heterocycles. The first-order chi connectivity index (χ1) is 30.0. The Morgan fingerprint density at radius 1 is 0.492 bits per heavy atom. The summed E-state index contributed by atoms with van der Waals surface area (Å²) in [7, 11) is 0. The van der Waals surface area contributed by atoms with Gasteiger partial charge in [-0.15, -0.1) is 0 Å². The average Bonchev–Trinajstić information content (AvgIpc) is 3.25. The van der Waals surface area contributed by atoms with E-state index in [2.05, 4.69) is 92.9 Å². The van der Waals surface area contributed by atoms with Crippen LogP contribution >= 0.6 is 0 Å². The van der Waals surface area contributed by atoms with Crippen molar-refractivity contribution in [2.45, 2.75) is 257 Å². The number of hydrogen-bond donors (Lipinski definition) is 3. The molecule has 0 fully saturated rings. The highest BCUT2D eigenvalue weighted by molar-refractivity contribution is 5.77. The molecule has 352 valence electrons. The summed E-state index contributed by atoms with van der Waals surface area (Å²) < 4.78 is 5.91. The molecule has 0 heterocycles. The number of carbonyl (C=O) groups is 2. The van der Waals surface area contributed by atoms with Crippen molar-refractivity contribution in [2.75, 3.05) is 6.61 Å². The minimum atomic E-state index is -0.801. The maximum atomic E-state index is 13.2. The number of carbonyl (C=O) groups excluding carboxylic acids is 2. The number of allylic oxidation sites excluding steroid dienone is 12. The van der Waals surface area contributed by atoms with Gasteiger partial charge in [-0.2, -0.15) is 0 Å². The van der Waals surface area contributed by atoms with Crippen LogP contribution in [0, 0.1) is 0 Å². The zero-order valence-electron chi connectivity index (χ0n) is 40.0. The lowest BCUT2D eigenvalue weighted by Crippen LogP contribution is -2.46. The van der Waals surface area contributed by atoms with Crippen molar-refractivity contribution < 1.29 is 24.5 Å². The number of aliphatic hydroxyl groups excluding tert-OH is 2. The summed E-state index contributed by atoms with van der Waals surface area (Å²) in [6.07, 6.45) is 61.0. The molecule has 6 heteroatoms. The van der Waals surface area contributed by atoms with Crippen LogP contribution in [0.1, 0.15) is 239 Å². The molecule has 3 N–H and O–H groups in total. The van der Waals surface area contributed by atoms with Gasteiger partial charge in [0.05, 0.1) is 25.2 Å². The second-order valence-corrected chi connectivity index (χ2v) is 17.3. The summed E-state index contributed by atoms with van der Waals surface area (Å²) in [6, 6.07) is -0.718. The van der Waals surface area contributed by atoms with Gasteiger partial charge in [0.15, 0.2) is 0 Å². The van der Waals surface area contributed by atoms with Crippen molar-refractivity contribution >= 4 is 11.9 Å². The molecule has 0 spiro atoms. The molecule has 0 rings (SSSR count). The molecule has 3 atom stereocenters. The molecule has 0 radical (unpaired) electrons. The lowest BCUT2D eigenvalue weighted by molar-refractivity contribution is -0.151. The minimum Gasteiger partial charge on any atom is -0.462 e. The number of amides is 1. The van der Waals surface area contributed by atoms with E-state index >= 15 is 0 Å². The highest BCUT2D eigenvalue weighted by Gasteiger charge is 2.24. The Balaban J connectivity index is 4.68. The van der Waals surface area contributed by atoms with Gasteiger partial charge in [0, 0.05) is 6.42 Å². The Labute approximate surface area is 377 Å². The number of hydrogen-bond acceptors (Lipinski definition) is 5. The van der Waals surface area contributed by atoms with E-state index in [1.807, 2.05) is 6.08 Å². The van der Waals surface area contributed by atoms with Crippen LogP contribution in [0.25, 0.3) is 0 Å². The Hall–Kier alpha value is -2.70. The molecule has 61 heavy (non-hydrogen) atoms. The Kier molecular flexibility index (Phi) is 46.2. The van der Waals surface area contributed by atoms with Crippen molar-refractivity contribution in [3.63, 3.8) is 0 Å². The van der Waals surface area contributed by atoms with Crippen molar-refractivity contribution in [1.29, 1.82) is 0 Å². The van der Waals surface area contributed by atoms with Crippen molar-refractivity contribution in [2.24, 2.45) is 0 Å². The normalized spacial score (nSPS) is 13.9. The van der Waals surface area contributed by atoms with E-state index in [4.69, 9.17) is 4.74 Å². The highest BCUT2D eigenvalue weighted by Crippen LogP contribution is 2.17. The fourth-order valence-electron chi connectivity index (χ4n) is 7.41. The zero-order chi connectivity index (χ0) is 44.5. The van der Waals surface area contributed by atoms with Gasteiger partial charge in [-0.25, -0.2) is 0 Å². The van der Waals surface area contributed by atoms with Gasteiger partial charge >= 0.3 is 5.97 Å². The molecule has 3 unspecified atom stereocenters. The molecule has 0 aromatic heterocycles. The van der Waals surface area contributed by atoms with E-state index < -0.39 is 18.2 Å². The number of ether oxygens (including phenoxy) is 1. The van der Waals surface area contributed by atoms with E-state index in [1.54, 1.807) is 0 Å². The molecular weight excluding hydrogens is 755 g/mol. The van der Waals surface area contributed by atoms with Crippen LogP contribution in [0.15, 0.2) is 72.9 Å². The van der Waals surface area contributed by atoms with Gasteiger partial charge < -0.3 is 20.3 Å². The van der Waals surface area contributed by atoms with Crippen molar-refractivity contribution in [3.8, 4) is 0 Å². The van der Waals surface area contributed by atoms with Gasteiger partial charge in [-0.05, 0) is 83.5 Å². The fourth-order valence-corrected chi connectivity index (χ4v) is 7.41. The van der Waals surface area contributed by atoms with Crippen LogP contribution in [0.3, 0.4) is 0 Å². The fraction of sp³-hybridized carbons (Fsp3) is 0.745. The molecule has 0 aromatic carbocycles. The number of esters is 1. The maximum absolute atomic E-state index is 13.2. The van der Waals surface area contributed by atoms with E-state index in [0.717, 1.165) is 83.5 Å². The Morgan fingerprint density at radius 3 is 1.44 bits per heavy atom. The van der Waals surface area contributed by atoms with Crippen LogP contribution in [-0.4, -0.2) is 46.9 Å². The Bertz CT molecular complexity index is 1140. The van der Waals surface area contributed by atoms with Gasteiger partial charge in [-0.3, -0.25) is 9.59 Å². The molecular formula is C55H97NO5. The predicted octanol–water partition coefficient (Wildman–Crippen LogP) is 15.4. The number of unbranched alkanes of at least 4 members (excludes halogenated alkanes) is 24. The van der Waals surface area contributed by atoms with E-state index in [0.29, 0.717) is 19.3 Å². The van der Waals surface area contributed by atoms with Gasteiger partial charge in [0.2, 0.25) is 5.91 Å². The maximum Gasteiger partial charge on any atom is 0.306 e. The van der Waals surface area contributed by atoms with Crippen LogP contribution in [0.2, 0.25) is 0 Å². The van der Waals surface area contributed by atoms with Crippen molar-refractivity contribution in [3.05, 3.63) is 72.9 Å². The lowest BCUT2D eigenvalue weighted by Gasteiger charge is -2.24. The zero-order valence-corrected chi connectivity index (χ0v) is 40.0. The summed E-state index contributed by atoms with van der Waals surface area (Å²) in [5, 5.41) is 23.7. The van der Waals surface area contributed by atoms with Crippen LogP contribution in [0.4, 0.5) is 0 Å². The smallest absolute Gasteiger partial charge is 0.306 e. The number of nitrogens with one attached hydrogen (secondary N) is 1. The lowest BCUT2D eigenvalue weighted by atomic mass is 10.0. The quantitative estimate of drug-likeness (QED) is 0.0245. The van der Waals surface area contributed by atoms with Crippen LogP contribution < -0.4 is 5.32 Å². The average molecular weight is 852 g/mol. The SMILES string of the molecule is CCCCC/C=C\C/C=C\CCCCCCCCCC(=O)OC(CCCCC/C=C/C=C/C=C/C=C/CCCCC)CC(=O)NC(CO)C(O)CCCCCCCCCCC.